The second kappa shape index (κ2) is 11.4. The minimum atomic E-state index is -1.20. The van der Waals surface area contributed by atoms with Crippen molar-refractivity contribution in [3.05, 3.63) is 111 Å². The number of ether oxygens (including phenoxy) is 2. The summed E-state index contributed by atoms with van der Waals surface area (Å²) < 4.78 is 24.5. The van der Waals surface area contributed by atoms with E-state index >= 15 is 0 Å². The molecule has 8 nitrogen and oxygen atoms in total. The van der Waals surface area contributed by atoms with Crippen LogP contribution in [0.2, 0.25) is 0 Å². The van der Waals surface area contributed by atoms with Gasteiger partial charge >= 0.3 is 17.7 Å². The van der Waals surface area contributed by atoms with Crippen molar-refractivity contribution in [2.24, 2.45) is 0 Å². The Morgan fingerprint density at radius 3 is 2.00 bits per heavy atom. The Bertz CT molecular complexity index is 1110. The van der Waals surface area contributed by atoms with Gasteiger partial charge in [-0.05, 0) is 22.8 Å². The van der Waals surface area contributed by atoms with Gasteiger partial charge in [-0.15, -0.1) is 0 Å². The summed E-state index contributed by atoms with van der Waals surface area (Å²) >= 11 is 0. The van der Waals surface area contributed by atoms with Crippen LogP contribution in [0, 0.1) is 15.9 Å². The molecular formula is C24H21FN2O6. The molecule has 0 aliphatic rings. The monoisotopic (exact) mass is 452 g/mol. The van der Waals surface area contributed by atoms with Crippen molar-refractivity contribution in [2.75, 3.05) is 0 Å². The first-order valence-electron chi connectivity index (χ1n) is 10.0. The van der Waals surface area contributed by atoms with E-state index in [2.05, 4.69) is 5.32 Å². The number of carbonyl (C=O) groups is 2. The summed E-state index contributed by atoms with van der Waals surface area (Å²) in [6.45, 7) is -0.0316. The summed E-state index contributed by atoms with van der Waals surface area (Å²) in [5, 5.41) is 13.3. The number of alkyl carbamates (subject to hydrolysis) is 1. The third-order valence-electron chi connectivity index (χ3n) is 4.66. The fourth-order valence-corrected chi connectivity index (χ4v) is 2.99. The highest BCUT2D eigenvalue weighted by Gasteiger charge is 2.25. The molecule has 1 unspecified atom stereocenters. The summed E-state index contributed by atoms with van der Waals surface area (Å²) in [7, 11) is 0. The standard InChI is InChI=1S/C24H21FN2O6/c25-20-13-19(11-12-22(20)27(30)31)14-21(23(28)32-15-17-7-3-1-4-8-17)26-24(29)33-16-18-9-5-2-6-10-18/h1-13,21H,14-16H2,(H,26,29). The lowest BCUT2D eigenvalue weighted by Crippen LogP contribution is -2.43. The highest BCUT2D eigenvalue weighted by molar-refractivity contribution is 5.81. The lowest BCUT2D eigenvalue weighted by Gasteiger charge is -2.18. The minimum absolute atomic E-state index is 0.00931. The third kappa shape index (κ3) is 7.13. The largest absolute Gasteiger partial charge is 0.459 e. The van der Waals surface area contributed by atoms with E-state index in [4.69, 9.17) is 9.47 Å². The zero-order valence-electron chi connectivity index (χ0n) is 17.5. The fourth-order valence-electron chi connectivity index (χ4n) is 2.99. The van der Waals surface area contributed by atoms with Gasteiger partial charge in [0.2, 0.25) is 5.82 Å². The van der Waals surface area contributed by atoms with Crippen LogP contribution in [0.4, 0.5) is 14.9 Å². The van der Waals surface area contributed by atoms with Crippen LogP contribution in [0.3, 0.4) is 0 Å². The highest BCUT2D eigenvalue weighted by Crippen LogP contribution is 2.19. The first-order valence-corrected chi connectivity index (χ1v) is 10.0. The van der Waals surface area contributed by atoms with Crippen molar-refractivity contribution < 1.29 is 28.4 Å². The molecule has 0 bridgehead atoms. The molecule has 0 spiro atoms. The summed E-state index contributed by atoms with van der Waals surface area (Å²) in [4.78, 5) is 35.0. The van der Waals surface area contributed by atoms with Gasteiger partial charge in [0.05, 0.1) is 4.92 Å². The predicted molar refractivity (Wildman–Crippen MR) is 117 cm³/mol. The number of hydrogen-bond donors (Lipinski definition) is 1. The number of nitro groups is 1. The SMILES string of the molecule is O=C(NC(Cc1ccc([N+](=O)[O-])c(F)c1)C(=O)OCc1ccccc1)OCc1ccccc1. The molecule has 0 aromatic heterocycles. The molecular weight excluding hydrogens is 431 g/mol. The Balaban J connectivity index is 1.69. The van der Waals surface area contributed by atoms with Gasteiger partial charge in [0.25, 0.3) is 0 Å². The first-order chi connectivity index (χ1) is 15.9. The zero-order chi connectivity index (χ0) is 23.6. The van der Waals surface area contributed by atoms with E-state index < -0.39 is 34.5 Å². The number of amides is 1. The molecule has 170 valence electrons. The second-order valence-electron chi connectivity index (χ2n) is 7.10. The molecule has 0 heterocycles. The highest BCUT2D eigenvalue weighted by atomic mass is 19.1. The molecule has 3 rings (SSSR count). The normalized spacial score (nSPS) is 11.3. The Hall–Kier alpha value is -4.27. The number of carbonyl (C=O) groups excluding carboxylic acids is 2. The van der Waals surface area contributed by atoms with Crippen LogP contribution in [0.25, 0.3) is 0 Å². The van der Waals surface area contributed by atoms with Gasteiger partial charge in [-0.1, -0.05) is 66.7 Å². The molecule has 0 saturated heterocycles. The van der Waals surface area contributed by atoms with Crippen molar-refractivity contribution in [1.29, 1.82) is 0 Å². The van der Waals surface area contributed by atoms with Gasteiger partial charge in [-0.25, -0.2) is 9.59 Å². The van der Waals surface area contributed by atoms with Crippen LogP contribution in [-0.4, -0.2) is 23.0 Å². The number of nitro benzene ring substituents is 1. The predicted octanol–water partition coefficient (Wildman–Crippen LogP) is 4.31. The quantitative estimate of drug-likeness (QED) is 0.294. The van der Waals surface area contributed by atoms with E-state index in [-0.39, 0.29) is 25.2 Å². The number of nitrogens with one attached hydrogen (secondary N) is 1. The van der Waals surface area contributed by atoms with Crippen LogP contribution in [-0.2, 0) is 33.9 Å². The molecule has 1 N–H and O–H groups in total. The lowest BCUT2D eigenvalue weighted by molar-refractivity contribution is -0.387. The van der Waals surface area contributed by atoms with Crippen molar-refractivity contribution >= 4 is 17.7 Å². The van der Waals surface area contributed by atoms with Gasteiger partial charge in [0.15, 0.2) is 0 Å². The average molecular weight is 452 g/mol. The molecule has 33 heavy (non-hydrogen) atoms. The van der Waals surface area contributed by atoms with Crippen LogP contribution in [0.15, 0.2) is 78.9 Å². The smallest absolute Gasteiger partial charge is 0.408 e. The van der Waals surface area contributed by atoms with Crippen LogP contribution < -0.4 is 5.32 Å². The van der Waals surface area contributed by atoms with Crippen molar-refractivity contribution in [3.63, 3.8) is 0 Å². The van der Waals surface area contributed by atoms with Gasteiger partial charge in [0, 0.05) is 12.5 Å². The number of hydrogen-bond acceptors (Lipinski definition) is 6. The topological polar surface area (TPSA) is 108 Å². The molecule has 0 fully saturated rings. The van der Waals surface area contributed by atoms with E-state index in [0.29, 0.717) is 0 Å². The van der Waals surface area contributed by atoms with Crippen LogP contribution in [0.5, 0.6) is 0 Å². The minimum Gasteiger partial charge on any atom is -0.459 e. The van der Waals surface area contributed by atoms with E-state index in [9.17, 15) is 24.1 Å². The number of benzene rings is 3. The first kappa shape index (κ1) is 23.4. The number of nitrogens with zero attached hydrogens (tertiary/aromatic N) is 1. The number of halogens is 1. The van der Waals surface area contributed by atoms with Gasteiger partial charge in [-0.2, -0.15) is 4.39 Å². The van der Waals surface area contributed by atoms with E-state index in [0.717, 1.165) is 23.3 Å². The van der Waals surface area contributed by atoms with E-state index in [1.54, 1.807) is 48.5 Å². The molecule has 1 atom stereocenters. The molecule has 0 saturated carbocycles. The number of esters is 1. The van der Waals surface area contributed by atoms with E-state index in [1.807, 2.05) is 12.1 Å². The maximum Gasteiger partial charge on any atom is 0.408 e. The number of rotatable bonds is 9. The Morgan fingerprint density at radius 1 is 0.879 bits per heavy atom. The maximum absolute atomic E-state index is 14.0. The second-order valence-corrected chi connectivity index (χ2v) is 7.10. The van der Waals surface area contributed by atoms with Crippen molar-refractivity contribution in [1.82, 2.24) is 5.32 Å². The van der Waals surface area contributed by atoms with E-state index in [1.165, 1.54) is 6.07 Å². The van der Waals surface area contributed by atoms with Gasteiger partial charge < -0.3 is 14.8 Å². The Morgan fingerprint density at radius 2 is 1.45 bits per heavy atom. The Labute approximate surface area is 189 Å². The molecule has 3 aromatic carbocycles. The molecule has 3 aromatic rings. The summed E-state index contributed by atoms with van der Waals surface area (Å²) in [6, 6.07) is 20.0. The van der Waals surface area contributed by atoms with Crippen molar-refractivity contribution in [2.45, 2.75) is 25.7 Å². The van der Waals surface area contributed by atoms with Gasteiger partial charge in [0.1, 0.15) is 19.3 Å². The zero-order valence-corrected chi connectivity index (χ0v) is 17.5. The molecule has 1 amide bonds. The average Bonchev–Trinajstić information content (AvgIpc) is 2.82. The lowest BCUT2D eigenvalue weighted by atomic mass is 10.1. The Kier molecular flexibility index (Phi) is 8.07. The molecule has 0 aliphatic heterocycles. The summed E-state index contributed by atoms with van der Waals surface area (Å²) in [6.07, 6.45) is -1.01. The summed E-state index contributed by atoms with van der Waals surface area (Å²) in [5.74, 6) is -1.80. The third-order valence-corrected chi connectivity index (χ3v) is 4.66. The summed E-state index contributed by atoms with van der Waals surface area (Å²) in [5.41, 5.74) is 1.09. The van der Waals surface area contributed by atoms with Crippen LogP contribution >= 0.6 is 0 Å². The van der Waals surface area contributed by atoms with Crippen LogP contribution in [0.1, 0.15) is 16.7 Å². The van der Waals surface area contributed by atoms with Crippen molar-refractivity contribution in [3.8, 4) is 0 Å². The maximum atomic E-state index is 14.0. The van der Waals surface area contributed by atoms with Gasteiger partial charge in [-0.3, -0.25) is 10.1 Å². The molecule has 0 aliphatic carbocycles. The molecule has 0 radical (unpaired) electrons. The molecule has 9 heteroatoms. The fraction of sp³-hybridized carbons (Fsp3) is 0.167.